The van der Waals surface area contributed by atoms with Crippen LogP contribution in [0.2, 0.25) is 0 Å². The normalized spacial score (nSPS) is 11.7. The Morgan fingerprint density at radius 1 is 1.53 bits per heavy atom. The summed E-state index contributed by atoms with van der Waals surface area (Å²) in [4.78, 5) is 24.5. The molecule has 0 saturated carbocycles. The number of rotatable bonds is 10. The van der Waals surface area contributed by atoms with Crippen LogP contribution in [-0.2, 0) is 9.53 Å². The second-order valence-electron chi connectivity index (χ2n) is 4.21. The Bertz CT molecular complexity index is 294. The molecule has 1 atom stereocenters. The zero-order valence-electron chi connectivity index (χ0n) is 11.7. The number of aliphatic carboxylic acids is 1. The number of amides is 2. The molecule has 0 heterocycles. The third-order valence-corrected chi connectivity index (χ3v) is 2.64. The van der Waals surface area contributed by atoms with Gasteiger partial charge in [-0.2, -0.15) is 0 Å². The Morgan fingerprint density at radius 2 is 2.21 bits per heavy atom. The van der Waals surface area contributed by atoms with Gasteiger partial charge in [0.15, 0.2) is 0 Å². The minimum absolute atomic E-state index is 0.356. The number of carboxylic acids is 1. The highest BCUT2D eigenvalue weighted by molar-refractivity contribution is 5.82. The minimum atomic E-state index is -1.01. The molecule has 0 aromatic rings. The van der Waals surface area contributed by atoms with Gasteiger partial charge in [-0.15, -0.1) is 6.58 Å². The van der Waals surface area contributed by atoms with Crippen LogP contribution in [0.4, 0.5) is 4.79 Å². The van der Waals surface area contributed by atoms with Gasteiger partial charge in [0, 0.05) is 20.2 Å². The van der Waals surface area contributed by atoms with E-state index in [1.165, 1.54) is 4.90 Å². The number of nitrogens with zero attached hydrogens (tertiary/aromatic N) is 1. The van der Waals surface area contributed by atoms with Crippen molar-refractivity contribution >= 4 is 12.0 Å². The van der Waals surface area contributed by atoms with Crippen LogP contribution in [0.15, 0.2) is 12.7 Å². The lowest BCUT2D eigenvalue weighted by Gasteiger charge is -2.23. The molecule has 0 aromatic heterocycles. The molecule has 2 amide bonds. The lowest BCUT2D eigenvalue weighted by molar-refractivity contribution is -0.139. The smallest absolute Gasteiger partial charge is 0.326 e. The van der Waals surface area contributed by atoms with Crippen molar-refractivity contribution in [2.24, 2.45) is 0 Å². The summed E-state index contributed by atoms with van der Waals surface area (Å²) in [6, 6.07) is -1.25. The Morgan fingerprint density at radius 3 is 2.68 bits per heavy atom. The molecule has 0 spiro atoms. The molecule has 0 aliphatic heterocycles. The predicted molar refractivity (Wildman–Crippen MR) is 73.1 cm³/mol. The van der Waals surface area contributed by atoms with Crippen molar-refractivity contribution in [1.82, 2.24) is 10.2 Å². The van der Waals surface area contributed by atoms with E-state index < -0.39 is 18.0 Å². The highest BCUT2D eigenvalue weighted by Gasteiger charge is 2.21. The second kappa shape index (κ2) is 10.4. The van der Waals surface area contributed by atoms with E-state index in [-0.39, 0.29) is 0 Å². The lowest BCUT2D eigenvalue weighted by atomic mass is 10.1. The Balaban J connectivity index is 4.46. The first-order chi connectivity index (χ1) is 9.06. The topological polar surface area (TPSA) is 78.9 Å². The van der Waals surface area contributed by atoms with Gasteiger partial charge in [-0.1, -0.05) is 25.8 Å². The summed E-state index contributed by atoms with van der Waals surface area (Å²) >= 11 is 0. The quantitative estimate of drug-likeness (QED) is 0.590. The highest BCUT2D eigenvalue weighted by Crippen LogP contribution is 2.02. The summed E-state index contributed by atoms with van der Waals surface area (Å²) in [6.07, 6.45) is 3.68. The van der Waals surface area contributed by atoms with E-state index in [4.69, 9.17) is 9.84 Å². The highest BCUT2D eigenvalue weighted by atomic mass is 16.5. The first-order valence-electron chi connectivity index (χ1n) is 6.44. The van der Waals surface area contributed by atoms with Crippen LogP contribution in [0.1, 0.15) is 26.2 Å². The van der Waals surface area contributed by atoms with Gasteiger partial charge in [-0.05, 0) is 6.42 Å². The number of nitrogens with one attached hydrogen (secondary N) is 1. The third kappa shape index (κ3) is 7.46. The molecule has 0 bridgehead atoms. The number of unbranched alkanes of at least 4 members (excludes halogenated alkanes) is 1. The van der Waals surface area contributed by atoms with Crippen molar-refractivity contribution in [3.8, 4) is 0 Å². The number of urea groups is 1. The molecule has 0 rings (SSSR count). The first kappa shape index (κ1) is 17.4. The maximum absolute atomic E-state index is 12.0. The summed E-state index contributed by atoms with van der Waals surface area (Å²) in [6.45, 7) is 6.70. The number of hydrogen-bond acceptors (Lipinski definition) is 3. The zero-order valence-corrected chi connectivity index (χ0v) is 11.7. The Labute approximate surface area is 114 Å². The van der Waals surface area contributed by atoms with Crippen molar-refractivity contribution in [1.29, 1.82) is 0 Å². The molecule has 0 aromatic carbocycles. The minimum Gasteiger partial charge on any atom is -0.480 e. The summed E-state index contributed by atoms with van der Waals surface area (Å²) in [7, 11) is 1.55. The van der Waals surface area contributed by atoms with Gasteiger partial charge in [0.1, 0.15) is 6.04 Å². The first-order valence-corrected chi connectivity index (χ1v) is 6.44. The van der Waals surface area contributed by atoms with Crippen molar-refractivity contribution in [2.45, 2.75) is 32.2 Å². The zero-order chi connectivity index (χ0) is 14.7. The van der Waals surface area contributed by atoms with Gasteiger partial charge in [0.2, 0.25) is 0 Å². The molecule has 0 radical (unpaired) electrons. The fraction of sp³-hybridized carbons (Fsp3) is 0.692. The van der Waals surface area contributed by atoms with Gasteiger partial charge in [0.05, 0.1) is 6.61 Å². The molecule has 0 aliphatic rings. The van der Waals surface area contributed by atoms with Crippen LogP contribution in [0, 0.1) is 0 Å². The number of carbonyl (C=O) groups excluding carboxylic acids is 1. The molecule has 0 fully saturated rings. The average molecular weight is 272 g/mol. The molecule has 0 aliphatic carbocycles. The second-order valence-corrected chi connectivity index (χ2v) is 4.21. The maximum Gasteiger partial charge on any atom is 0.326 e. The maximum atomic E-state index is 12.0. The number of carbonyl (C=O) groups is 2. The molecule has 19 heavy (non-hydrogen) atoms. The molecule has 0 saturated heterocycles. The molecule has 6 heteroatoms. The van der Waals surface area contributed by atoms with Crippen molar-refractivity contribution in [2.75, 3.05) is 26.8 Å². The largest absolute Gasteiger partial charge is 0.480 e. The van der Waals surface area contributed by atoms with E-state index in [1.54, 1.807) is 13.2 Å². The van der Waals surface area contributed by atoms with Crippen LogP contribution in [0.25, 0.3) is 0 Å². The molecular formula is C13H24N2O4. The molecule has 2 N–H and O–H groups in total. The van der Waals surface area contributed by atoms with E-state index >= 15 is 0 Å². The van der Waals surface area contributed by atoms with Gasteiger partial charge in [-0.25, -0.2) is 9.59 Å². The average Bonchev–Trinajstić information content (AvgIpc) is 2.38. The number of methoxy groups -OCH3 is 1. The number of carboxylic acid groups (broad SMARTS) is 1. The summed E-state index contributed by atoms with van der Waals surface area (Å²) in [5.74, 6) is -1.01. The number of hydrogen-bond donors (Lipinski definition) is 2. The summed E-state index contributed by atoms with van der Waals surface area (Å²) in [5.41, 5.74) is 0. The van der Waals surface area contributed by atoms with Gasteiger partial charge >= 0.3 is 12.0 Å². The van der Waals surface area contributed by atoms with Crippen LogP contribution in [0.3, 0.4) is 0 Å². The monoisotopic (exact) mass is 272 g/mol. The molecule has 6 nitrogen and oxygen atoms in total. The van der Waals surface area contributed by atoms with E-state index in [2.05, 4.69) is 11.9 Å². The fourth-order valence-electron chi connectivity index (χ4n) is 1.54. The van der Waals surface area contributed by atoms with Crippen LogP contribution in [0.5, 0.6) is 0 Å². The van der Waals surface area contributed by atoms with E-state index in [0.717, 1.165) is 12.8 Å². The summed E-state index contributed by atoms with van der Waals surface area (Å²) in [5, 5.41) is 11.6. The Hall–Kier alpha value is -1.56. The van der Waals surface area contributed by atoms with Gasteiger partial charge < -0.3 is 20.1 Å². The summed E-state index contributed by atoms with van der Waals surface area (Å²) < 4.78 is 4.91. The fourth-order valence-corrected chi connectivity index (χ4v) is 1.54. The third-order valence-electron chi connectivity index (χ3n) is 2.64. The molecular weight excluding hydrogens is 248 g/mol. The Kier molecular flexibility index (Phi) is 9.52. The number of ether oxygens (including phenoxy) is 1. The van der Waals surface area contributed by atoms with Crippen molar-refractivity contribution in [3.63, 3.8) is 0 Å². The molecule has 110 valence electrons. The van der Waals surface area contributed by atoms with Gasteiger partial charge in [0.25, 0.3) is 0 Å². The van der Waals surface area contributed by atoms with Crippen LogP contribution >= 0.6 is 0 Å². The van der Waals surface area contributed by atoms with E-state index in [0.29, 0.717) is 26.1 Å². The van der Waals surface area contributed by atoms with Crippen LogP contribution < -0.4 is 5.32 Å². The lowest BCUT2D eigenvalue weighted by Crippen LogP contribution is -2.48. The van der Waals surface area contributed by atoms with Gasteiger partial charge in [-0.3, -0.25) is 0 Å². The standard InChI is InChI=1S/C13H24N2O4/c1-4-6-7-11(12(16)17)14-13(18)15(8-5-2)9-10-19-3/h5,11H,2,4,6-10H2,1,3H3,(H,14,18)(H,16,17). The van der Waals surface area contributed by atoms with Crippen molar-refractivity contribution < 1.29 is 19.4 Å². The van der Waals surface area contributed by atoms with E-state index in [1.807, 2.05) is 6.92 Å². The molecule has 1 unspecified atom stereocenters. The van der Waals surface area contributed by atoms with Crippen molar-refractivity contribution in [3.05, 3.63) is 12.7 Å². The SMILES string of the molecule is C=CCN(CCOC)C(=O)NC(CCCC)C(=O)O. The van der Waals surface area contributed by atoms with Crippen LogP contribution in [-0.4, -0.2) is 54.9 Å². The predicted octanol–water partition coefficient (Wildman–Crippen LogP) is 1.47. The van der Waals surface area contributed by atoms with E-state index in [9.17, 15) is 9.59 Å².